The van der Waals surface area contributed by atoms with E-state index in [0.717, 1.165) is 10.4 Å². The van der Waals surface area contributed by atoms with Gasteiger partial charge in [-0.1, -0.05) is 17.7 Å². The molecule has 0 radical (unpaired) electrons. The minimum atomic E-state index is -0.494. The Morgan fingerprint density at radius 1 is 1.53 bits per heavy atom. The van der Waals surface area contributed by atoms with E-state index < -0.39 is 6.10 Å². The van der Waals surface area contributed by atoms with Crippen LogP contribution in [0.5, 0.6) is 0 Å². The van der Waals surface area contributed by atoms with Crippen LogP contribution < -0.4 is 0 Å². The van der Waals surface area contributed by atoms with E-state index in [4.69, 9.17) is 11.6 Å². The lowest BCUT2D eigenvalue weighted by atomic mass is 10.1. The smallest absolute Gasteiger partial charge is 0.0923 e. The van der Waals surface area contributed by atoms with E-state index in [0.29, 0.717) is 11.4 Å². The van der Waals surface area contributed by atoms with Crippen molar-refractivity contribution < 1.29 is 5.11 Å². The summed E-state index contributed by atoms with van der Waals surface area (Å²) in [5.74, 6) is 0. The van der Waals surface area contributed by atoms with E-state index in [-0.39, 0.29) is 0 Å². The van der Waals surface area contributed by atoms with Crippen LogP contribution in [0, 0.1) is 0 Å². The topological polar surface area (TPSA) is 33.1 Å². The number of halogens is 1. The van der Waals surface area contributed by atoms with Gasteiger partial charge in [0.15, 0.2) is 0 Å². The number of hydrogen-bond acceptors (Lipinski definition) is 3. The average Bonchev–Trinajstić information content (AvgIpc) is 2.66. The van der Waals surface area contributed by atoms with Gasteiger partial charge < -0.3 is 5.11 Å². The van der Waals surface area contributed by atoms with Crippen molar-refractivity contribution in [3.05, 3.63) is 51.4 Å². The zero-order chi connectivity index (χ0) is 10.7. The molecular weight excluding hydrogens is 230 g/mol. The number of aliphatic hydroxyl groups is 1. The first-order chi connectivity index (χ1) is 7.25. The summed E-state index contributed by atoms with van der Waals surface area (Å²) in [6.07, 6.45) is 3.56. The monoisotopic (exact) mass is 239 g/mol. The fourth-order valence-corrected chi connectivity index (χ4v) is 2.41. The number of pyridine rings is 1. The van der Waals surface area contributed by atoms with Crippen LogP contribution in [0.4, 0.5) is 0 Å². The summed E-state index contributed by atoms with van der Waals surface area (Å²) in [5, 5.41) is 12.4. The molecule has 2 nitrogen and oxygen atoms in total. The van der Waals surface area contributed by atoms with Crippen molar-refractivity contribution in [3.63, 3.8) is 0 Å². The van der Waals surface area contributed by atoms with E-state index >= 15 is 0 Å². The van der Waals surface area contributed by atoms with Crippen molar-refractivity contribution in [2.75, 3.05) is 0 Å². The lowest BCUT2D eigenvalue weighted by molar-refractivity contribution is 0.182. The van der Waals surface area contributed by atoms with E-state index in [1.54, 1.807) is 18.5 Å². The van der Waals surface area contributed by atoms with E-state index in [9.17, 15) is 5.11 Å². The van der Waals surface area contributed by atoms with Gasteiger partial charge >= 0.3 is 0 Å². The highest BCUT2D eigenvalue weighted by atomic mass is 35.5. The van der Waals surface area contributed by atoms with E-state index in [1.807, 2.05) is 17.5 Å². The molecule has 0 aliphatic rings. The highest BCUT2D eigenvalue weighted by Gasteiger charge is 2.10. The van der Waals surface area contributed by atoms with Crippen LogP contribution in [0.25, 0.3) is 0 Å². The second kappa shape index (κ2) is 4.75. The standard InChI is InChI=1S/C11H10ClNOS/c12-9-5-11(15-7-9)10(14)4-8-2-1-3-13-6-8/h1-3,5-7,10,14H,4H2. The average molecular weight is 240 g/mol. The minimum Gasteiger partial charge on any atom is -0.387 e. The predicted molar refractivity (Wildman–Crippen MR) is 62.2 cm³/mol. The number of aromatic nitrogens is 1. The first-order valence-electron chi connectivity index (χ1n) is 4.56. The van der Waals surface area contributed by atoms with Crippen molar-refractivity contribution in [3.8, 4) is 0 Å². The fraction of sp³-hybridized carbons (Fsp3) is 0.182. The molecule has 0 aliphatic carbocycles. The Morgan fingerprint density at radius 2 is 2.40 bits per heavy atom. The Morgan fingerprint density at radius 3 is 3.00 bits per heavy atom. The second-order valence-electron chi connectivity index (χ2n) is 3.25. The summed E-state index contributed by atoms with van der Waals surface area (Å²) in [7, 11) is 0. The van der Waals surface area contributed by atoms with Gasteiger partial charge in [0.1, 0.15) is 0 Å². The largest absolute Gasteiger partial charge is 0.387 e. The van der Waals surface area contributed by atoms with Gasteiger partial charge in [-0.05, 0) is 17.7 Å². The Kier molecular flexibility index (Phi) is 3.36. The van der Waals surface area contributed by atoms with Crippen LogP contribution in [0.2, 0.25) is 5.02 Å². The molecule has 15 heavy (non-hydrogen) atoms. The van der Waals surface area contributed by atoms with Gasteiger partial charge in [0.2, 0.25) is 0 Å². The van der Waals surface area contributed by atoms with Crippen LogP contribution in [-0.2, 0) is 6.42 Å². The van der Waals surface area contributed by atoms with Crippen LogP contribution in [0.15, 0.2) is 36.0 Å². The van der Waals surface area contributed by atoms with Crippen molar-refractivity contribution in [2.45, 2.75) is 12.5 Å². The summed E-state index contributed by atoms with van der Waals surface area (Å²) >= 11 is 7.27. The SMILES string of the molecule is OC(Cc1cccnc1)c1cc(Cl)cs1. The van der Waals surface area contributed by atoms with Crippen molar-refractivity contribution in [1.29, 1.82) is 0 Å². The van der Waals surface area contributed by atoms with Gasteiger partial charge in [0, 0.05) is 29.1 Å². The molecule has 1 unspecified atom stereocenters. The molecule has 2 rings (SSSR count). The Balaban J connectivity index is 2.07. The summed E-state index contributed by atoms with van der Waals surface area (Å²) < 4.78 is 0. The maximum atomic E-state index is 9.91. The first-order valence-corrected chi connectivity index (χ1v) is 5.82. The number of nitrogens with zero attached hydrogens (tertiary/aromatic N) is 1. The molecule has 0 bridgehead atoms. The molecule has 0 amide bonds. The Bertz CT molecular complexity index is 429. The molecular formula is C11H10ClNOS. The molecule has 0 saturated heterocycles. The number of rotatable bonds is 3. The summed E-state index contributed by atoms with van der Waals surface area (Å²) in [4.78, 5) is 4.90. The maximum absolute atomic E-state index is 9.91. The summed E-state index contributed by atoms with van der Waals surface area (Å²) in [6, 6.07) is 5.61. The maximum Gasteiger partial charge on any atom is 0.0923 e. The number of thiophene rings is 1. The second-order valence-corrected chi connectivity index (χ2v) is 4.63. The molecule has 1 N–H and O–H groups in total. The van der Waals surface area contributed by atoms with Gasteiger partial charge in [-0.15, -0.1) is 11.3 Å². The van der Waals surface area contributed by atoms with Crippen molar-refractivity contribution in [2.24, 2.45) is 0 Å². The third-order valence-electron chi connectivity index (χ3n) is 2.07. The zero-order valence-corrected chi connectivity index (χ0v) is 9.50. The third kappa shape index (κ3) is 2.78. The van der Waals surface area contributed by atoms with Gasteiger partial charge in [-0.2, -0.15) is 0 Å². The molecule has 2 aromatic heterocycles. The van der Waals surface area contributed by atoms with Crippen molar-refractivity contribution in [1.82, 2.24) is 4.98 Å². The Labute approximate surface area is 97.2 Å². The number of hydrogen-bond donors (Lipinski definition) is 1. The zero-order valence-electron chi connectivity index (χ0n) is 7.93. The van der Waals surface area contributed by atoms with E-state index in [2.05, 4.69) is 4.98 Å². The lowest BCUT2D eigenvalue weighted by Crippen LogP contribution is -1.99. The van der Waals surface area contributed by atoms with Gasteiger partial charge in [0.05, 0.1) is 11.1 Å². The van der Waals surface area contributed by atoms with Gasteiger partial charge in [-0.25, -0.2) is 0 Å². The van der Waals surface area contributed by atoms with Gasteiger partial charge in [0.25, 0.3) is 0 Å². The summed E-state index contributed by atoms with van der Waals surface area (Å²) in [5.41, 5.74) is 1.02. The molecule has 0 aliphatic heterocycles. The molecule has 0 fully saturated rings. The summed E-state index contributed by atoms with van der Waals surface area (Å²) in [6.45, 7) is 0. The van der Waals surface area contributed by atoms with Crippen LogP contribution >= 0.6 is 22.9 Å². The number of aliphatic hydroxyl groups excluding tert-OH is 1. The molecule has 0 spiro atoms. The highest BCUT2D eigenvalue weighted by molar-refractivity contribution is 7.10. The molecule has 4 heteroatoms. The normalized spacial score (nSPS) is 12.7. The molecule has 0 saturated carbocycles. The third-order valence-corrected chi connectivity index (χ3v) is 3.45. The molecule has 0 aromatic carbocycles. The molecule has 1 atom stereocenters. The van der Waals surface area contributed by atoms with Crippen molar-refractivity contribution >= 4 is 22.9 Å². The fourth-order valence-electron chi connectivity index (χ4n) is 1.35. The first kappa shape index (κ1) is 10.6. The predicted octanol–water partition coefficient (Wildman–Crippen LogP) is 3.07. The lowest BCUT2D eigenvalue weighted by Gasteiger charge is -2.07. The minimum absolute atomic E-state index is 0.494. The quantitative estimate of drug-likeness (QED) is 0.893. The van der Waals surface area contributed by atoms with Crippen LogP contribution in [0.3, 0.4) is 0 Å². The molecule has 2 heterocycles. The highest BCUT2D eigenvalue weighted by Crippen LogP contribution is 2.27. The molecule has 2 aromatic rings. The van der Waals surface area contributed by atoms with E-state index in [1.165, 1.54) is 11.3 Å². The van der Waals surface area contributed by atoms with Crippen LogP contribution in [0.1, 0.15) is 16.5 Å². The van der Waals surface area contributed by atoms with Gasteiger partial charge in [-0.3, -0.25) is 4.98 Å². The molecule has 78 valence electrons. The van der Waals surface area contributed by atoms with Crippen LogP contribution in [-0.4, -0.2) is 10.1 Å². The Hall–Kier alpha value is -0.900.